The van der Waals surface area contributed by atoms with E-state index in [1.54, 1.807) is 20.0 Å². The molecule has 2 amide bonds. The number of aromatic nitrogens is 1. The summed E-state index contributed by atoms with van der Waals surface area (Å²) in [6.45, 7) is 21.4. The van der Waals surface area contributed by atoms with Gasteiger partial charge in [0, 0.05) is 24.0 Å². The summed E-state index contributed by atoms with van der Waals surface area (Å²) in [4.78, 5) is 57.0. The maximum absolute atomic E-state index is 14.0. The lowest BCUT2D eigenvalue weighted by Gasteiger charge is -2.70. The number of ether oxygens (including phenoxy) is 1. The molecule has 9 nitrogen and oxygen atoms in total. The van der Waals surface area contributed by atoms with Gasteiger partial charge in [-0.3, -0.25) is 19.4 Å². The van der Waals surface area contributed by atoms with Crippen molar-refractivity contribution >= 4 is 23.8 Å². The van der Waals surface area contributed by atoms with Crippen LogP contribution < -0.4 is 10.6 Å². The van der Waals surface area contributed by atoms with Crippen LogP contribution in [0.4, 0.5) is 4.79 Å². The molecule has 0 spiro atoms. The number of ketones is 1. The summed E-state index contributed by atoms with van der Waals surface area (Å²) in [6, 6.07) is 5.17. The van der Waals surface area contributed by atoms with Crippen molar-refractivity contribution in [1.29, 1.82) is 0 Å². The molecule has 0 aromatic carbocycles. The second kappa shape index (κ2) is 13.0. The summed E-state index contributed by atoms with van der Waals surface area (Å²) in [6.07, 6.45) is 9.06. The van der Waals surface area contributed by atoms with E-state index in [9.17, 15) is 24.3 Å². The Morgan fingerprint density at radius 3 is 2.33 bits per heavy atom. The van der Waals surface area contributed by atoms with Crippen molar-refractivity contribution < 1.29 is 29.0 Å². The Labute approximate surface area is 310 Å². The van der Waals surface area contributed by atoms with E-state index in [1.807, 2.05) is 25.1 Å². The van der Waals surface area contributed by atoms with Gasteiger partial charge in [-0.1, -0.05) is 60.1 Å². The van der Waals surface area contributed by atoms with Crippen molar-refractivity contribution in [3.05, 3.63) is 41.2 Å². The minimum Gasteiger partial charge on any atom is -0.481 e. The molecule has 5 aliphatic carbocycles. The molecule has 0 bridgehead atoms. The number of hydrogen-bond donors (Lipinski definition) is 3. The summed E-state index contributed by atoms with van der Waals surface area (Å²) >= 11 is 0. The fourth-order valence-corrected chi connectivity index (χ4v) is 12.6. The predicted octanol–water partition coefficient (Wildman–Crippen LogP) is 8.59. The number of fused-ring (bicyclic) bond motifs is 6. The number of allylic oxidation sites excluding steroid dienone is 1. The topological polar surface area (TPSA) is 135 Å². The molecular formula is C43H63N3O6. The van der Waals surface area contributed by atoms with Gasteiger partial charge >= 0.3 is 18.0 Å². The zero-order valence-electron chi connectivity index (χ0n) is 33.3. The molecule has 0 radical (unpaired) electrons. The number of hydrogen-bond acceptors (Lipinski definition) is 6. The number of amides is 2. The van der Waals surface area contributed by atoms with E-state index in [-0.39, 0.29) is 63.9 Å². The number of esters is 1. The highest BCUT2D eigenvalue weighted by Crippen LogP contribution is 2.75. The van der Waals surface area contributed by atoms with E-state index in [2.05, 4.69) is 64.1 Å². The van der Waals surface area contributed by atoms with Gasteiger partial charge in [-0.15, -0.1) is 0 Å². The Balaban J connectivity index is 1.29. The molecule has 3 N–H and O–H groups in total. The predicted molar refractivity (Wildman–Crippen MR) is 200 cm³/mol. The van der Waals surface area contributed by atoms with Crippen molar-refractivity contribution in [3.8, 4) is 0 Å². The van der Waals surface area contributed by atoms with Gasteiger partial charge < -0.3 is 20.5 Å². The first kappa shape index (κ1) is 38.5. The largest absolute Gasteiger partial charge is 0.481 e. The van der Waals surface area contributed by atoms with Crippen molar-refractivity contribution in [3.63, 3.8) is 0 Å². The molecule has 0 aliphatic heterocycles. The number of urea groups is 1. The average Bonchev–Trinajstić information content (AvgIpc) is 3.34. The van der Waals surface area contributed by atoms with Crippen LogP contribution in [0.25, 0.3) is 0 Å². The van der Waals surface area contributed by atoms with Crippen molar-refractivity contribution in [2.75, 3.05) is 0 Å². The zero-order chi connectivity index (χ0) is 38.2. The Morgan fingerprint density at radius 1 is 0.981 bits per heavy atom. The third-order valence-corrected chi connectivity index (χ3v) is 15.6. The van der Waals surface area contributed by atoms with E-state index >= 15 is 0 Å². The molecule has 4 unspecified atom stereocenters. The highest BCUT2D eigenvalue weighted by molar-refractivity contribution is 5.92. The molecule has 9 heteroatoms. The van der Waals surface area contributed by atoms with Gasteiger partial charge in [0.25, 0.3) is 0 Å². The zero-order valence-corrected chi connectivity index (χ0v) is 33.3. The number of carbonyl (C=O) groups excluding carboxylic acids is 3. The Kier molecular flexibility index (Phi) is 9.60. The normalized spacial score (nSPS) is 37.2. The standard InChI is InChI=1S/C43H63N3O6/c1-25(2)34-29(47)23-43(46-37(51)45-26(3)28-13-11-12-22-44-28)21-20-41(9)27(35(34)43)14-15-31-40(8)18-17-32(52-33(48)24-38(4,5)36(49)50)39(6,7)30(40)16-19-42(31,41)10/h11-13,22,25-26,30-32,34H,14-21,23-24H2,1-10H3,(H,49,50)(H2,45,46,51)/t26?,30?,31?,32-,34?,40-,41+,42+,43+/m0/s1. The third kappa shape index (κ3) is 5.91. The number of pyridine rings is 1. The fraction of sp³-hybridized carbons (Fsp3) is 0.744. The van der Waals surface area contributed by atoms with Gasteiger partial charge in [0.15, 0.2) is 0 Å². The number of carbonyl (C=O) groups is 4. The van der Waals surface area contributed by atoms with Crippen LogP contribution in [0.2, 0.25) is 0 Å². The average molecular weight is 718 g/mol. The summed E-state index contributed by atoms with van der Waals surface area (Å²) < 4.78 is 6.15. The molecule has 6 rings (SSSR count). The number of aliphatic carboxylic acids is 1. The second-order valence-electron chi connectivity index (χ2n) is 19.6. The SMILES string of the molecule is CC(NC(=O)N[C@@]12CC[C@]3(C)C(=C1C(C(C)C)C(=O)C2)CCC1[C@@]2(C)CC[C@H](OC(=O)CC(C)(C)C(=O)O)C(C)(C)C2CC[C@]13C)c1ccccn1. The van der Waals surface area contributed by atoms with Gasteiger partial charge in [0.05, 0.1) is 29.1 Å². The molecule has 0 saturated heterocycles. The van der Waals surface area contributed by atoms with Crippen LogP contribution in [0, 0.1) is 50.7 Å². The summed E-state index contributed by atoms with van der Waals surface area (Å²) in [5, 5.41) is 16.1. The van der Waals surface area contributed by atoms with E-state index in [0.29, 0.717) is 18.3 Å². The van der Waals surface area contributed by atoms with Crippen LogP contribution in [-0.2, 0) is 19.1 Å². The second-order valence-corrected chi connectivity index (χ2v) is 19.6. The number of nitrogens with one attached hydrogen (secondary N) is 2. The number of carboxylic acid groups (broad SMARTS) is 1. The summed E-state index contributed by atoms with van der Waals surface area (Å²) in [5.41, 5.74) is 1.22. The quantitative estimate of drug-likeness (QED) is 0.181. The van der Waals surface area contributed by atoms with E-state index < -0.39 is 22.9 Å². The molecule has 1 heterocycles. The monoisotopic (exact) mass is 717 g/mol. The van der Waals surface area contributed by atoms with Crippen LogP contribution in [0.15, 0.2) is 35.5 Å². The van der Waals surface area contributed by atoms with Gasteiger partial charge in [-0.25, -0.2) is 4.79 Å². The lowest BCUT2D eigenvalue weighted by Crippen LogP contribution is -2.65. The lowest BCUT2D eigenvalue weighted by atomic mass is 9.34. The smallest absolute Gasteiger partial charge is 0.316 e. The first-order valence-electron chi connectivity index (χ1n) is 19.8. The van der Waals surface area contributed by atoms with Gasteiger partial charge in [0.2, 0.25) is 0 Å². The van der Waals surface area contributed by atoms with Crippen LogP contribution >= 0.6 is 0 Å². The first-order valence-corrected chi connectivity index (χ1v) is 19.8. The van der Waals surface area contributed by atoms with E-state index in [0.717, 1.165) is 57.1 Å². The maximum atomic E-state index is 14.0. The molecule has 52 heavy (non-hydrogen) atoms. The van der Waals surface area contributed by atoms with E-state index in [1.165, 1.54) is 11.1 Å². The van der Waals surface area contributed by atoms with Gasteiger partial charge in [0.1, 0.15) is 11.9 Å². The molecule has 1 aromatic rings. The Hall–Kier alpha value is -3.23. The maximum Gasteiger partial charge on any atom is 0.316 e. The molecule has 5 aliphatic rings. The number of nitrogens with zero attached hydrogens (tertiary/aromatic N) is 1. The van der Waals surface area contributed by atoms with Crippen molar-refractivity contribution in [1.82, 2.24) is 15.6 Å². The molecule has 4 saturated carbocycles. The van der Waals surface area contributed by atoms with Crippen LogP contribution in [0.1, 0.15) is 145 Å². The molecular weight excluding hydrogens is 654 g/mol. The van der Waals surface area contributed by atoms with Crippen molar-refractivity contribution in [2.24, 2.45) is 50.7 Å². The highest BCUT2D eigenvalue weighted by Gasteiger charge is 2.69. The minimum atomic E-state index is -1.17. The number of rotatable bonds is 8. The lowest BCUT2D eigenvalue weighted by molar-refractivity contribution is -0.214. The molecule has 1 aromatic heterocycles. The molecule has 4 fully saturated rings. The highest BCUT2D eigenvalue weighted by atomic mass is 16.5. The molecule has 286 valence electrons. The third-order valence-electron chi connectivity index (χ3n) is 15.6. The minimum absolute atomic E-state index is 0.000975. The number of carboxylic acids is 1. The van der Waals surface area contributed by atoms with Crippen LogP contribution in [0.3, 0.4) is 0 Å². The summed E-state index contributed by atoms with van der Waals surface area (Å²) in [5.74, 6) is -0.457. The summed E-state index contributed by atoms with van der Waals surface area (Å²) in [7, 11) is 0. The van der Waals surface area contributed by atoms with E-state index in [4.69, 9.17) is 4.74 Å². The Bertz CT molecular complexity index is 1650. The Morgan fingerprint density at radius 2 is 1.69 bits per heavy atom. The van der Waals surface area contributed by atoms with Crippen LogP contribution in [0.5, 0.6) is 0 Å². The number of Topliss-reactive ketones (excluding diaryl/α,β-unsaturated/α-hetero) is 1. The first-order chi connectivity index (χ1) is 24.1. The fourth-order valence-electron chi connectivity index (χ4n) is 12.6. The molecule has 9 atom stereocenters. The van der Waals surface area contributed by atoms with Gasteiger partial charge in [-0.2, -0.15) is 0 Å². The van der Waals surface area contributed by atoms with Gasteiger partial charge in [-0.05, 0) is 124 Å². The van der Waals surface area contributed by atoms with Crippen LogP contribution in [-0.4, -0.2) is 45.5 Å². The van der Waals surface area contributed by atoms with Crippen molar-refractivity contribution in [2.45, 2.75) is 151 Å².